The van der Waals surface area contributed by atoms with Crippen molar-refractivity contribution in [2.45, 2.75) is 6.54 Å². The molecule has 2 aromatic rings. The van der Waals surface area contributed by atoms with E-state index in [1.807, 2.05) is 48.5 Å². The summed E-state index contributed by atoms with van der Waals surface area (Å²) in [6.45, 7) is 0.520. The van der Waals surface area contributed by atoms with E-state index in [1.165, 1.54) is 0 Å². The number of aliphatic carboxylic acids is 1. The van der Waals surface area contributed by atoms with Gasteiger partial charge in [-0.25, -0.2) is 0 Å². The molecule has 0 aliphatic rings. The van der Waals surface area contributed by atoms with E-state index >= 15 is 0 Å². The zero-order valence-corrected chi connectivity index (χ0v) is 11.0. The maximum Gasteiger partial charge on any atom is 0.317 e. The third-order valence-corrected chi connectivity index (χ3v) is 2.99. The zero-order valence-electron chi connectivity index (χ0n) is 10.3. The lowest BCUT2D eigenvalue weighted by Crippen LogP contribution is -2.21. The first-order valence-corrected chi connectivity index (χ1v) is 6.30. The molecule has 19 heavy (non-hydrogen) atoms. The van der Waals surface area contributed by atoms with Gasteiger partial charge in [0.1, 0.15) is 0 Å². The highest BCUT2D eigenvalue weighted by molar-refractivity contribution is 6.30. The van der Waals surface area contributed by atoms with Crippen molar-refractivity contribution < 1.29 is 9.90 Å². The number of benzene rings is 2. The van der Waals surface area contributed by atoms with Crippen LogP contribution in [0.5, 0.6) is 0 Å². The van der Waals surface area contributed by atoms with Gasteiger partial charge in [0.15, 0.2) is 0 Å². The van der Waals surface area contributed by atoms with Crippen LogP contribution in [0.1, 0.15) is 5.56 Å². The number of carboxylic acid groups (broad SMARTS) is 1. The second-order valence-corrected chi connectivity index (χ2v) is 4.64. The van der Waals surface area contributed by atoms with Gasteiger partial charge in [-0.05, 0) is 28.8 Å². The zero-order chi connectivity index (χ0) is 13.7. The van der Waals surface area contributed by atoms with Gasteiger partial charge in [0.05, 0.1) is 6.54 Å². The topological polar surface area (TPSA) is 49.3 Å². The largest absolute Gasteiger partial charge is 0.480 e. The van der Waals surface area contributed by atoms with Crippen molar-refractivity contribution in [3.63, 3.8) is 0 Å². The highest BCUT2D eigenvalue weighted by Crippen LogP contribution is 2.21. The maximum atomic E-state index is 10.4. The summed E-state index contributed by atoms with van der Waals surface area (Å²) in [5, 5.41) is 12.1. The molecule has 0 fully saturated rings. The number of hydrogen-bond acceptors (Lipinski definition) is 2. The maximum absolute atomic E-state index is 10.4. The molecule has 0 aromatic heterocycles. The van der Waals surface area contributed by atoms with E-state index in [9.17, 15) is 4.79 Å². The van der Waals surface area contributed by atoms with Gasteiger partial charge in [-0.2, -0.15) is 0 Å². The van der Waals surface area contributed by atoms with Crippen molar-refractivity contribution in [1.82, 2.24) is 5.32 Å². The summed E-state index contributed by atoms with van der Waals surface area (Å²) in [7, 11) is 0. The first-order valence-electron chi connectivity index (χ1n) is 5.92. The van der Waals surface area contributed by atoms with Crippen LogP contribution < -0.4 is 5.32 Å². The Kier molecular flexibility index (Phi) is 4.55. The van der Waals surface area contributed by atoms with Crippen LogP contribution in [-0.4, -0.2) is 17.6 Å². The van der Waals surface area contributed by atoms with Gasteiger partial charge in [-0.15, -0.1) is 0 Å². The molecule has 0 spiro atoms. The summed E-state index contributed by atoms with van der Waals surface area (Å²) < 4.78 is 0. The Bertz CT molecular complexity index is 549. The third-order valence-electron chi connectivity index (χ3n) is 2.74. The smallest absolute Gasteiger partial charge is 0.317 e. The van der Waals surface area contributed by atoms with Gasteiger partial charge in [0.25, 0.3) is 0 Å². The van der Waals surface area contributed by atoms with Crippen LogP contribution in [0.15, 0.2) is 48.5 Å². The highest BCUT2D eigenvalue weighted by Gasteiger charge is 1.99. The molecule has 98 valence electrons. The quantitative estimate of drug-likeness (QED) is 0.881. The normalized spacial score (nSPS) is 10.4. The molecule has 0 saturated carbocycles. The molecule has 0 unspecified atom stereocenters. The lowest BCUT2D eigenvalue weighted by molar-refractivity contribution is -0.135. The Balaban J connectivity index is 2.02. The van der Waals surface area contributed by atoms with Crippen molar-refractivity contribution in [3.05, 3.63) is 59.1 Å². The minimum absolute atomic E-state index is 0.0288. The molecule has 0 amide bonds. The predicted molar refractivity (Wildman–Crippen MR) is 76.2 cm³/mol. The SMILES string of the molecule is O=C(O)CNCc1ccc(-c2ccc(Cl)cc2)cc1. The van der Waals surface area contributed by atoms with Crippen LogP contribution in [0.4, 0.5) is 0 Å². The van der Waals surface area contributed by atoms with Crippen molar-refractivity contribution >= 4 is 17.6 Å². The molecule has 0 radical (unpaired) electrons. The van der Waals surface area contributed by atoms with Crippen molar-refractivity contribution in [3.8, 4) is 11.1 Å². The number of nitrogens with one attached hydrogen (secondary N) is 1. The molecule has 3 nitrogen and oxygen atoms in total. The molecule has 0 bridgehead atoms. The Morgan fingerprint density at radius 2 is 1.53 bits per heavy atom. The molecule has 0 aliphatic carbocycles. The number of halogens is 1. The van der Waals surface area contributed by atoms with E-state index < -0.39 is 5.97 Å². The molecule has 0 heterocycles. The van der Waals surface area contributed by atoms with E-state index in [0.717, 1.165) is 21.7 Å². The first-order chi connectivity index (χ1) is 9.15. The van der Waals surface area contributed by atoms with Crippen LogP contribution in [0, 0.1) is 0 Å². The number of rotatable bonds is 5. The fourth-order valence-corrected chi connectivity index (χ4v) is 1.90. The molecule has 2 N–H and O–H groups in total. The number of carboxylic acids is 1. The third kappa shape index (κ3) is 4.09. The second kappa shape index (κ2) is 6.36. The fraction of sp³-hybridized carbons (Fsp3) is 0.133. The van der Waals surface area contributed by atoms with E-state index in [2.05, 4.69) is 5.32 Å². The number of hydrogen-bond donors (Lipinski definition) is 2. The van der Waals surface area contributed by atoms with Gasteiger partial charge in [-0.3, -0.25) is 4.79 Å². The predicted octanol–water partition coefficient (Wildman–Crippen LogP) is 3.18. The summed E-state index contributed by atoms with van der Waals surface area (Å²) >= 11 is 5.85. The summed E-state index contributed by atoms with van der Waals surface area (Å²) in [4.78, 5) is 10.4. The van der Waals surface area contributed by atoms with Gasteiger partial charge >= 0.3 is 5.97 Å². The highest BCUT2D eigenvalue weighted by atomic mass is 35.5. The van der Waals surface area contributed by atoms with Crippen LogP contribution in [0.3, 0.4) is 0 Å². The minimum Gasteiger partial charge on any atom is -0.480 e. The molecule has 2 rings (SSSR count). The van der Waals surface area contributed by atoms with Crippen molar-refractivity contribution in [2.24, 2.45) is 0 Å². The Morgan fingerprint density at radius 1 is 1.00 bits per heavy atom. The average molecular weight is 276 g/mol. The standard InChI is InChI=1S/C15H14ClNO2/c16-14-7-5-13(6-8-14)12-3-1-11(2-4-12)9-17-10-15(18)19/h1-8,17H,9-10H2,(H,18,19). The van der Waals surface area contributed by atoms with Gasteiger partial charge in [0, 0.05) is 11.6 Å². The van der Waals surface area contributed by atoms with Crippen LogP contribution >= 0.6 is 11.6 Å². The monoisotopic (exact) mass is 275 g/mol. The van der Waals surface area contributed by atoms with E-state index in [0.29, 0.717) is 6.54 Å². The second-order valence-electron chi connectivity index (χ2n) is 4.20. The summed E-state index contributed by atoms with van der Waals surface area (Å²) in [5.41, 5.74) is 3.27. The molecule has 4 heteroatoms. The lowest BCUT2D eigenvalue weighted by Gasteiger charge is -2.05. The van der Waals surface area contributed by atoms with Crippen LogP contribution in [-0.2, 0) is 11.3 Å². The van der Waals surface area contributed by atoms with E-state index in [1.54, 1.807) is 0 Å². The first kappa shape index (κ1) is 13.6. The summed E-state index contributed by atoms with van der Waals surface area (Å²) in [5.74, 6) is -0.849. The Morgan fingerprint density at radius 3 is 2.05 bits per heavy atom. The van der Waals surface area contributed by atoms with Crippen molar-refractivity contribution in [2.75, 3.05) is 6.54 Å². The van der Waals surface area contributed by atoms with Gasteiger partial charge < -0.3 is 10.4 Å². The summed E-state index contributed by atoms with van der Waals surface area (Å²) in [6, 6.07) is 15.7. The minimum atomic E-state index is -0.849. The van der Waals surface area contributed by atoms with Crippen LogP contribution in [0.2, 0.25) is 5.02 Å². The Labute approximate surface area is 116 Å². The Hall–Kier alpha value is -1.84. The van der Waals surface area contributed by atoms with Crippen molar-refractivity contribution in [1.29, 1.82) is 0 Å². The molecule has 2 aromatic carbocycles. The van der Waals surface area contributed by atoms with Crippen LogP contribution in [0.25, 0.3) is 11.1 Å². The van der Waals surface area contributed by atoms with E-state index in [4.69, 9.17) is 16.7 Å². The summed E-state index contributed by atoms with van der Waals surface area (Å²) in [6.07, 6.45) is 0. The molecule has 0 saturated heterocycles. The molecule has 0 aliphatic heterocycles. The molecule has 0 atom stereocenters. The van der Waals surface area contributed by atoms with Gasteiger partial charge in [0.2, 0.25) is 0 Å². The lowest BCUT2D eigenvalue weighted by atomic mass is 10.0. The van der Waals surface area contributed by atoms with Gasteiger partial charge in [-0.1, -0.05) is 48.0 Å². The average Bonchev–Trinajstić information content (AvgIpc) is 2.40. The molecular formula is C15H14ClNO2. The fourth-order valence-electron chi connectivity index (χ4n) is 1.77. The molecular weight excluding hydrogens is 262 g/mol. The van der Waals surface area contributed by atoms with E-state index in [-0.39, 0.29) is 6.54 Å². The number of carbonyl (C=O) groups is 1.